The molecule has 0 aliphatic carbocycles. The fourth-order valence-electron chi connectivity index (χ4n) is 7.34. The molecule has 6 rings (SSSR count). The summed E-state index contributed by atoms with van der Waals surface area (Å²) >= 11 is 7.54. The number of likely N-dealkylation sites (tertiary alicyclic amines) is 2. The number of hydrogen-bond donors (Lipinski definition) is 3. The predicted octanol–water partition coefficient (Wildman–Crippen LogP) is 4.61. The third kappa shape index (κ3) is 7.65. The van der Waals surface area contributed by atoms with Gasteiger partial charge in [-0.2, -0.15) is 13.2 Å². The second-order valence-electron chi connectivity index (χ2n) is 12.9. The highest BCUT2D eigenvalue weighted by molar-refractivity contribution is 7.08. The molecule has 10 nitrogen and oxygen atoms in total. The molecule has 5 heterocycles. The molecule has 3 fully saturated rings. The molecule has 0 saturated carbocycles. The minimum absolute atomic E-state index is 0.0403. The Morgan fingerprint density at radius 1 is 0.979 bits per heavy atom. The number of fused-ring (bicyclic) bond motifs is 1. The van der Waals surface area contributed by atoms with Gasteiger partial charge in [-0.1, -0.05) is 11.6 Å². The van der Waals surface area contributed by atoms with Gasteiger partial charge in [0.15, 0.2) is 0 Å². The number of piperidine rings is 2. The van der Waals surface area contributed by atoms with Crippen LogP contribution in [0.5, 0.6) is 5.75 Å². The molecule has 0 radical (unpaired) electrons. The van der Waals surface area contributed by atoms with E-state index in [1.165, 1.54) is 17.4 Å². The van der Waals surface area contributed by atoms with E-state index in [4.69, 9.17) is 11.6 Å². The number of thiophene rings is 1. The second kappa shape index (κ2) is 14.2. The molecule has 4 amide bonds. The second-order valence-corrected chi connectivity index (χ2v) is 14.1. The number of anilines is 1. The highest BCUT2D eigenvalue weighted by Crippen LogP contribution is 2.41. The van der Waals surface area contributed by atoms with E-state index in [9.17, 15) is 32.7 Å². The van der Waals surface area contributed by atoms with Gasteiger partial charge in [0.1, 0.15) is 5.75 Å². The van der Waals surface area contributed by atoms with Crippen molar-refractivity contribution in [2.75, 3.05) is 57.7 Å². The molecule has 2 aromatic rings. The zero-order valence-corrected chi connectivity index (χ0v) is 27.6. The SMILES string of the molecule is O=C(C[C@H](Cc1cc(Cl)c(O)c(C(F)(F)F)c1)C(=O)N1CCC(N2CCNCC2)CC1)N1CCC(N2Cc3cscc3NC2=O)CC1. The molecule has 3 N–H and O–H groups in total. The fraction of sp³-hybridized carbons (Fsp3) is 0.594. The van der Waals surface area contributed by atoms with Gasteiger partial charge in [-0.05, 0) is 55.2 Å². The van der Waals surface area contributed by atoms with Crippen LogP contribution < -0.4 is 10.6 Å². The standard InChI is InChI=1S/C32H40ClF3N6O4S/c33-26-15-20(14-25(29(26)44)32(34,35)36)13-21(30(45)41-9-1-23(2-10-41)39-11-5-37-6-12-39)16-28(43)40-7-3-24(4-8-40)42-17-22-18-47-19-27(22)38-31(42)46/h14-15,18-19,21,23-24,37,44H,1-13,16-17H2,(H,38,46)/t21-/m0/s1. The summed E-state index contributed by atoms with van der Waals surface area (Å²) in [6.07, 6.45) is -2.38. The summed E-state index contributed by atoms with van der Waals surface area (Å²) in [5.41, 5.74) is 0.761. The van der Waals surface area contributed by atoms with Gasteiger partial charge in [0.2, 0.25) is 11.8 Å². The van der Waals surface area contributed by atoms with Crippen molar-refractivity contribution in [3.8, 4) is 5.75 Å². The Morgan fingerprint density at radius 2 is 1.64 bits per heavy atom. The first-order valence-corrected chi connectivity index (χ1v) is 17.5. The highest BCUT2D eigenvalue weighted by atomic mass is 35.5. The lowest BCUT2D eigenvalue weighted by Gasteiger charge is -2.41. The quantitative estimate of drug-likeness (QED) is 0.391. The number of carbonyl (C=O) groups excluding carboxylic acids is 3. The van der Waals surface area contributed by atoms with Crippen LogP contribution in [0.15, 0.2) is 22.9 Å². The highest BCUT2D eigenvalue weighted by Gasteiger charge is 2.38. The van der Waals surface area contributed by atoms with E-state index < -0.39 is 28.4 Å². The number of piperazine rings is 1. The topological polar surface area (TPSA) is 108 Å². The first-order chi connectivity index (χ1) is 22.5. The average molecular weight is 697 g/mol. The van der Waals surface area contributed by atoms with Crippen molar-refractivity contribution in [2.45, 2.75) is 63.3 Å². The van der Waals surface area contributed by atoms with Crippen molar-refractivity contribution in [2.24, 2.45) is 5.92 Å². The summed E-state index contributed by atoms with van der Waals surface area (Å²) in [4.78, 5) is 48.1. The van der Waals surface area contributed by atoms with Gasteiger partial charge < -0.3 is 30.4 Å². The van der Waals surface area contributed by atoms with Gasteiger partial charge >= 0.3 is 12.2 Å². The van der Waals surface area contributed by atoms with Gasteiger partial charge in [-0.25, -0.2) is 4.79 Å². The number of alkyl halides is 3. The van der Waals surface area contributed by atoms with Crippen LogP contribution in [-0.2, 0) is 28.7 Å². The molecule has 0 bridgehead atoms. The van der Waals surface area contributed by atoms with Crippen molar-refractivity contribution >= 4 is 46.5 Å². The monoisotopic (exact) mass is 696 g/mol. The number of carbonyl (C=O) groups is 3. The molecule has 15 heteroatoms. The fourth-order valence-corrected chi connectivity index (χ4v) is 8.36. The number of benzene rings is 1. The number of nitrogens with one attached hydrogen (secondary N) is 2. The predicted molar refractivity (Wildman–Crippen MR) is 172 cm³/mol. The Balaban J connectivity index is 1.13. The zero-order chi connectivity index (χ0) is 33.3. The Bertz CT molecular complexity index is 1470. The molecule has 1 aromatic heterocycles. The van der Waals surface area contributed by atoms with Crippen LogP contribution in [0.4, 0.5) is 23.7 Å². The van der Waals surface area contributed by atoms with Gasteiger partial charge in [0.25, 0.3) is 0 Å². The Kier molecular flexibility index (Phi) is 10.2. The van der Waals surface area contributed by atoms with E-state index >= 15 is 0 Å². The Morgan fingerprint density at radius 3 is 2.32 bits per heavy atom. The normalized spacial score (nSPS) is 21.0. The van der Waals surface area contributed by atoms with Crippen molar-refractivity contribution < 1.29 is 32.7 Å². The summed E-state index contributed by atoms with van der Waals surface area (Å²) in [7, 11) is 0. The van der Waals surface area contributed by atoms with E-state index in [0.717, 1.165) is 56.3 Å². The maximum atomic E-state index is 14.0. The smallest absolute Gasteiger partial charge is 0.420 e. The Labute approximate surface area is 280 Å². The zero-order valence-electron chi connectivity index (χ0n) is 26.0. The molecule has 47 heavy (non-hydrogen) atoms. The maximum Gasteiger partial charge on any atom is 0.420 e. The number of aromatic hydroxyl groups is 1. The Hall–Kier alpha value is -3.07. The summed E-state index contributed by atoms with van der Waals surface area (Å²) < 4.78 is 41.1. The van der Waals surface area contributed by atoms with Crippen molar-refractivity contribution in [3.63, 3.8) is 0 Å². The van der Waals surface area contributed by atoms with Crippen LogP contribution in [0.1, 0.15) is 48.8 Å². The number of hydrogen-bond acceptors (Lipinski definition) is 7. The number of nitrogens with zero attached hydrogens (tertiary/aromatic N) is 4. The minimum atomic E-state index is -4.84. The van der Waals surface area contributed by atoms with E-state index in [1.807, 2.05) is 10.8 Å². The van der Waals surface area contributed by atoms with Crippen LogP contribution in [0.2, 0.25) is 5.02 Å². The van der Waals surface area contributed by atoms with Crippen molar-refractivity contribution in [3.05, 3.63) is 44.6 Å². The first-order valence-electron chi connectivity index (χ1n) is 16.2. The van der Waals surface area contributed by atoms with Crippen LogP contribution in [0.25, 0.3) is 0 Å². The number of amides is 4. The number of phenolic OH excluding ortho intramolecular Hbond substituents is 1. The van der Waals surface area contributed by atoms with E-state index in [1.54, 1.807) is 14.7 Å². The largest absolute Gasteiger partial charge is 0.506 e. The van der Waals surface area contributed by atoms with Crippen LogP contribution in [-0.4, -0.2) is 107 Å². The van der Waals surface area contributed by atoms with Crippen LogP contribution in [0, 0.1) is 5.92 Å². The number of halogens is 4. The van der Waals surface area contributed by atoms with E-state index in [2.05, 4.69) is 15.5 Å². The summed E-state index contributed by atoms with van der Waals surface area (Å²) in [6.45, 7) is 6.11. The molecule has 0 unspecified atom stereocenters. The lowest BCUT2D eigenvalue weighted by molar-refractivity contribution is -0.143. The third-order valence-corrected chi connectivity index (χ3v) is 11.0. The first kappa shape index (κ1) is 33.8. The number of phenols is 1. The average Bonchev–Trinajstić information content (AvgIpc) is 3.52. The van der Waals surface area contributed by atoms with E-state index in [0.29, 0.717) is 51.6 Å². The third-order valence-electron chi connectivity index (χ3n) is 9.97. The lowest BCUT2D eigenvalue weighted by atomic mass is 9.91. The van der Waals surface area contributed by atoms with Crippen molar-refractivity contribution in [1.82, 2.24) is 24.9 Å². The van der Waals surface area contributed by atoms with Gasteiger partial charge in [-0.15, -0.1) is 11.3 Å². The molecule has 4 aliphatic rings. The summed E-state index contributed by atoms with van der Waals surface area (Å²) in [5.74, 6) is -2.47. The lowest BCUT2D eigenvalue weighted by Crippen LogP contribution is -2.53. The number of rotatable bonds is 7. The van der Waals surface area contributed by atoms with Crippen LogP contribution in [0.3, 0.4) is 0 Å². The molecular weight excluding hydrogens is 657 g/mol. The molecule has 4 aliphatic heterocycles. The maximum absolute atomic E-state index is 14.0. The molecule has 256 valence electrons. The molecular formula is C32H40ClF3N6O4S. The molecule has 3 saturated heterocycles. The van der Waals surface area contributed by atoms with Crippen LogP contribution >= 0.6 is 22.9 Å². The molecule has 1 aromatic carbocycles. The van der Waals surface area contributed by atoms with Gasteiger partial charge in [0.05, 0.1) is 28.7 Å². The molecule has 1 atom stereocenters. The van der Waals surface area contributed by atoms with Gasteiger partial charge in [0, 0.05) is 81.8 Å². The van der Waals surface area contributed by atoms with E-state index in [-0.39, 0.29) is 42.3 Å². The van der Waals surface area contributed by atoms with Gasteiger partial charge in [-0.3, -0.25) is 14.5 Å². The number of urea groups is 1. The van der Waals surface area contributed by atoms with Crippen molar-refractivity contribution in [1.29, 1.82) is 0 Å². The summed E-state index contributed by atoms with van der Waals surface area (Å²) in [5, 5.41) is 19.8. The molecule has 0 spiro atoms. The summed E-state index contributed by atoms with van der Waals surface area (Å²) in [6, 6.07) is 2.22. The minimum Gasteiger partial charge on any atom is -0.506 e.